The zero-order valence-electron chi connectivity index (χ0n) is 10.2. The van der Waals surface area contributed by atoms with Crippen LogP contribution >= 0.6 is 0 Å². The number of hydrogen-bond donors (Lipinski definition) is 2. The fraction of sp³-hybridized carbons (Fsp3) is 0.462. The van der Waals surface area contributed by atoms with E-state index >= 15 is 0 Å². The summed E-state index contributed by atoms with van der Waals surface area (Å²) in [5.41, 5.74) is 0.891. The molecule has 0 bridgehead atoms. The highest BCUT2D eigenvalue weighted by atomic mass is 16.5. The Bertz CT molecular complexity index is 402. The topological polar surface area (TPSA) is 50.4 Å². The van der Waals surface area contributed by atoms with Crippen LogP contribution in [0.3, 0.4) is 0 Å². The quantitative estimate of drug-likeness (QED) is 0.816. The van der Waals surface area contributed by atoms with Gasteiger partial charge in [0.25, 0.3) is 0 Å². The molecule has 0 saturated heterocycles. The number of methoxy groups -OCH3 is 1. The lowest BCUT2D eigenvalue weighted by Crippen LogP contribution is -2.38. The molecule has 1 aliphatic carbocycles. The summed E-state index contributed by atoms with van der Waals surface area (Å²) in [5, 5.41) is 6.13. The van der Waals surface area contributed by atoms with Crippen LogP contribution in [0.25, 0.3) is 0 Å². The summed E-state index contributed by atoms with van der Waals surface area (Å²) in [6.45, 7) is 1.86. The number of hydrogen-bond acceptors (Lipinski definition) is 3. The molecule has 1 aliphatic rings. The monoisotopic (exact) mass is 234 g/mol. The van der Waals surface area contributed by atoms with Crippen LogP contribution in [0.15, 0.2) is 24.3 Å². The Hall–Kier alpha value is -1.71. The van der Waals surface area contributed by atoms with Gasteiger partial charge in [0.1, 0.15) is 11.8 Å². The third-order valence-corrected chi connectivity index (χ3v) is 2.77. The molecular formula is C13H18N2O2. The molecule has 1 amide bonds. The maximum atomic E-state index is 11.7. The molecule has 2 N–H and O–H groups in total. The third kappa shape index (κ3) is 3.37. The lowest BCUT2D eigenvalue weighted by Gasteiger charge is -2.15. The summed E-state index contributed by atoms with van der Waals surface area (Å²) >= 11 is 0. The Morgan fingerprint density at radius 1 is 1.47 bits per heavy atom. The van der Waals surface area contributed by atoms with E-state index < -0.39 is 0 Å². The lowest BCUT2D eigenvalue weighted by atomic mass is 10.2. The molecule has 92 valence electrons. The zero-order chi connectivity index (χ0) is 12.3. The minimum atomic E-state index is -0.234. The summed E-state index contributed by atoms with van der Waals surface area (Å²) in [5.74, 6) is 0.833. The van der Waals surface area contributed by atoms with E-state index in [4.69, 9.17) is 4.74 Å². The van der Waals surface area contributed by atoms with E-state index in [1.807, 2.05) is 31.2 Å². The molecule has 17 heavy (non-hydrogen) atoms. The van der Waals surface area contributed by atoms with Crippen LogP contribution in [0.4, 0.5) is 5.69 Å². The van der Waals surface area contributed by atoms with Crippen LogP contribution in [-0.4, -0.2) is 25.1 Å². The highest BCUT2D eigenvalue weighted by molar-refractivity contribution is 5.84. The van der Waals surface area contributed by atoms with Gasteiger partial charge in [-0.2, -0.15) is 0 Å². The van der Waals surface area contributed by atoms with E-state index in [2.05, 4.69) is 10.6 Å². The number of amides is 1. The van der Waals surface area contributed by atoms with Crippen molar-refractivity contribution < 1.29 is 9.53 Å². The smallest absolute Gasteiger partial charge is 0.242 e. The van der Waals surface area contributed by atoms with Crippen molar-refractivity contribution >= 4 is 11.6 Å². The number of rotatable bonds is 5. The molecule has 0 radical (unpaired) electrons. The van der Waals surface area contributed by atoms with Gasteiger partial charge in [-0.25, -0.2) is 0 Å². The van der Waals surface area contributed by atoms with E-state index in [0.29, 0.717) is 6.04 Å². The molecule has 1 saturated carbocycles. The van der Waals surface area contributed by atoms with Crippen molar-refractivity contribution in [3.63, 3.8) is 0 Å². The molecule has 1 atom stereocenters. The van der Waals surface area contributed by atoms with Crippen LogP contribution in [0.5, 0.6) is 5.75 Å². The van der Waals surface area contributed by atoms with E-state index in [9.17, 15) is 4.79 Å². The number of nitrogens with one attached hydrogen (secondary N) is 2. The average molecular weight is 234 g/mol. The standard InChI is InChI=1S/C13H18N2O2/c1-9(13(16)15-10-6-7-10)14-11-4-3-5-12(8-11)17-2/h3-5,8-10,14H,6-7H2,1-2H3,(H,15,16). The molecule has 0 aliphatic heterocycles. The predicted molar refractivity (Wildman–Crippen MR) is 67.2 cm³/mol. The molecule has 4 heteroatoms. The van der Waals surface area contributed by atoms with E-state index in [0.717, 1.165) is 24.3 Å². The van der Waals surface area contributed by atoms with E-state index in [1.54, 1.807) is 7.11 Å². The van der Waals surface area contributed by atoms with Gasteiger partial charge in [-0.1, -0.05) is 6.07 Å². The van der Waals surface area contributed by atoms with Gasteiger partial charge in [0, 0.05) is 17.8 Å². The maximum Gasteiger partial charge on any atom is 0.242 e. The average Bonchev–Trinajstić information content (AvgIpc) is 3.13. The molecule has 1 aromatic rings. The number of anilines is 1. The Labute approximate surface area is 101 Å². The first kappa shape index (κ1) is 11.8. The van der Waals surface area contributed by atoms with E-state index in [-0.39, 0.29) is 11.9 Å². The van der Waals surface area contributed by atoms with Crippen molar-refractivity contribution in [3.8, 4) is 5.75 Å². The van der Waals surface area contributed by atoms with Gasteiger partial charge >= 0.3 is 0 Å². The second-order valence-corrected chi connectivity index (χ2v) is 4.38. The zero-order valence-corrected chi connectivity index (χ0v) is 10.2. The van der Waals surface area contributed by atoms with Crippen LogP contribution < -0.4 is 15.4 Å². The maximum absolute atomic E-state index is 11.7. The first-order chi connectivity index (χ1) is 8.19. The molecule has 1 unspecified atom stereocenters. The first-order valence-corrected chi connectivity index (χ1v) is 5.90. The molecule has 0 aromatic heterocycles. The van der Waals surface area contributed by atoms with Gasteiger partial charge in [0.15, 0.2) is 0 Å². The van der Waals surface area contributed by atoms with Crippen LogP contribution in [0.1, 0.15) is 19.8 Å². The molecule has 1 aromatic carbocycles. The Morgan fingerprint density at radius 3 is 2.88 bits per heavy atom. The summed E-state index contributed by atoms with van der Waals surface area (Å²) in [4.78, 5) is 11.7. The van der Waals surface area contributed by atoms with Crippen LogP contribution in [-0.2, 0) is 4.79 Å². The summed E-state index contributed by atoms with van der Waals surface area (Å²) in [6, 6.07) is 7.73. The van der Waals surface area contributed by atoms with Crippen molar-refractivity contribution in [2.45, 2.75) is 31.8 Å². The largest absolute Gasteiger partial charge is 0.497 e. The Kier molecular flexibility index (Phi) is 3.52. The predicted octanol–water partition coefficient (Wildman–Crippen LogP) is 1.77. The third-order valence-electron chi connectivity index (χ3n) is 2.77. The van der Waals surface area contributed by atoms with Gasteiger partial charge in [0.05, 0.1) is 7.11 Å². The van der Waals surface area contributed by atoms with Gasteiger partial charge < -0.3 is 15.4 Å². The second-order valence-electron chi connectivity index (χ2n) is 4.38. The summed E-state index contributed by atoms with van der Waals surface area (Å²) in [7, 11) is 1.63. The minimum absolute atomic E-state index is 0.0512. The molecule has 4 nitrogen and oxygen atoms in total. The van der Waals surface area contributed by atoms with Crippen molar-refractivity contribution in [1.82, 2.24) is 5.32 Å². The lowest BCUT2D eigenvalue weighted by molar-refractivity contribution is -0.121. The van der Waals surface area contributed by atoms with Crippen molar-refractivity contribution in [2.24, 2.45) is 0 Å². The van der Waals surface area contributed by atoms with Gasteiger partial charge in [-0.3, -0.25) is 4.79 Å². The van der Waals surface area contributed by atoms with Gasteiger partial charge in [-0.05, 0) is 31.9 Å². The van der Waals surface area contributed by atoms with Crippen LogP contribution in [0.2, 0.25) is 0 Å². The Morgan fingerprint density at radius 2 is 2.24 bits per heavy atom. The fourth-order valence-corrected chi connectivity index (χ4v) is 1.58. The molecule has 1 fully saturated rings. The summed E-state index contributed by atoms with van der Waals surface area (Å²) < 4.78 is 5.13. The van der Waals surface area contributed by atoms with Crippen molar-refractivity contribution in [2.75, 3.05) is 12.4 Å². The van der Waals surface area contributed by atoms with Crippen molar-refractivity contribution in [1.29, 1.82) is 0 Å². The molecule has 0 heterocycles. The minimum Gasteiger partial charge on any atom is -0.497 e. The normalized spacial score (nSPS) is 16.1. The number of carbonyl (C=O) groups is 1. The van der Waals surface area contributed by atoms with E-state index in [1.165, 1.54) is 0 Å². The van der Waals surface area contributed by atoms with Crippen molar-refractivity contribution in [3.05, 3.63) is 24.3 Å². The fourth-order valence-electron chi connectivity index (χ4n) is 1.58. The number of benzene rings is 1. The first-order valence-electron chi connectivity index (χ1n) is 5.90. The second kappa shape index (κ2) is 5.08. The van der Waals surface area contributed by atoms with Gasteiger partial charge in [0.2, 0.25) is 5.91 Å². The Balaban J connectivity index is 1.91. The number of ether oxygens (including phenoxy) is 1. The molecule has 2 rings (SSSR count). The molecular weight excluding hydrogens is 216 g/mol. The molecule has 0 spiro atoms. The SMILES string of the molecule is COc1cccc(NC(C)C(=O)NC2CC2)c1. The highest BCUT2D eigenvalue weighted by Crippen LogP contribution is 2.20. The number of carbonyl (C=O) groups excluding carboxylic acids is 1. The highest BCUT2D eigenvalue weighted by Gasteiger charge is 2.25. The summed E-state index contributed by atoms with van der Waals surface area (Å²) in [6.07, 6.45) is 2.22. The van der Waals surface area contributed by atoms with Gasteiger partial charge in [-0.15, -0.1) is 0 Å². The van der Waals surface area contributed by atoms with Crippen LogP contribution in [0, 0.1) is 0 Å².